The molecule has 1 fully saturated rings. The standard InChI is InChI=1S/C31H29FO8S/c1-19(33)37-18-27-28(38-20(2)34)29(36-16-6-7-22-10-13-25(32)14-11-22)30(39-21(3)35)31(40-27)41-26-15-12-23-8-4-5-9-24(23)17-26/h4-5,8-15,17,27-31H,16,18H2,1-3H3/t27-,28+,29+,30-,31+/m1/s1. The fourth-order valence-corrected chi connectivity index (χ4v) is 5.48. The minimum Gasteiger partial charge on any atom is -0.463 e. The van der Waals surface area contributed by atoms with Crippen LogP contribution in [0.4, 0.5) is 4.39 Å². The zero-order valence-corrected chi connectivity index (χ0v) is 23.5. The zero-order valence-electron chi connectivity index (χ0n) is 22.7. The summed E-state index contributed by atoms with van der Waals surface area (Å²) < 4.78 is 42.1. The highest BCUT2D eigenvalue weighted by atomic mass is 32.2. The lowest BCUT2D eigenvalue weighted by Crippen LogP contribution is -2.61. The van der Waals surface area contributed by atoms with Crippen molar-refractivity contribution in [2.24, 2.45) is 0 Å². The van der Waals surface area contributed by atoms with Crippen LogP contribution in [-0.2, 0) is 38.1 Å². The molecule has 0 amide bonds. The third-order valence-corrected chi connectivity index (χ3v) is 7.18. The third-order valence-electron chi connectivity index (χ3n) is 6.04. The molecule has 0 aliphatic carbocycles. The van der Waals surface area contributed by atoms with Gasteiger partial charge in [0.25, 0.3) is 0 Å². The number of benzene rings is 3. The molecule has 0 bridgehead atoms. The lowest BCUT2D eigenvalue weighted by atomic mass is 9.99. The summed E-state index contributed by atoms with van der Waals surface area (Å²) in [4.78, 5) is 36.8. The van der Waals surface area contributed by atoms with E-state index in [9.17, 15) is 18.8 Å². The van der Waals surface area contributed by atoms with Gasteiger partial charge in [0.05, 0.1) is 0 Å². The van der Waals surface area contributed by atoms with Crippen LogP contribution in [0.1, 0.15) is 26.3 Å². The van der Waals surface area contributed by atoms with Crippen LogP contribution in [0.25, 0.3) is 10.8 Å². The minimum atomic E-state index is -1.09. The van der Waals surface area contributed by atoms with E-state index in [4.69, 9.17) is 23.7 Å². The molecule has 5 atom stereocenters. The summed E-state index contributed by atoms with van der Waals surface area (Å²) in [5.41, 5.74) is -0.241. The second kappa shape index (κ2) is 14.1. The Labute approximate surface area is 241 Å². The first-order chi connectivity index (χ1) is 19.7. The molecule has 0 aromatic heterocycles. The molecule has 41 heavy (non-hydrogen) atoms. The molecule has 0 spiro atoms. The first-order valence-electron chi connectivity index (χ1n) is 12.8. The van der Waals surface area contributed by atoms with Crippen molar-refractivity contribution in [3.63, 3.8) is 0 Å². The van der Waals surface area contributed by atoms with Gasteiger partial charge in [-0.25, -0.2) is 4.39 Å². The number of thioether (sulfide) groups is 1. The van der Waals surface area contributed by atoms with Crippen molar-refractivity contribution < 1.29 is 42.5 Å². The highest BCUT2D eigenvalue weighted by Gasteiger charge is 2.51. The van der Waals surface area contributed by atoms with Gasteiger partial charge in [-0.1, -0.05) is 53.9 Å². The van der Waals surface area contributed by atoms with Crippen LogP contribution in [0.15, 0.2) is 71.6 Å². The van der Waals surface area contributed by atoms with Crippen molar-refractivity contribution in [1.29, 1.82) is 0 Å². The molecule has 3 aromatic carbocycles. The van der Waals surface area contributed by atoms with Crippen molar-refractivity contribution in [2.75, 3.05) is 13.2 Å². The van der Waals surface area contributed by atoms with Gasteiger partial charge in [0.2, 0.25) is 0 Å². The Hall–Kier alpha value is -3.91. The van der Waals surface area contributed by atoms with Gasteiger partial charge in [0, 0.05) is 31.2 Å². The number of hydrogen-bond acceptors (Lipinski definition) is 9. The van der Waals surface area contributed by atoms with E-state index in [2.05, 4.69) is 11.8 Å². The van der Waals surface area contributed by atoms with Gasteiger partial charge in [-0.15, -0.1) is 0 Å². The largest absolute Gasteiger partial charge is 0.463 e. The van der Waals surface area contributed by atoms with Gasteiger partial charge in [0.15, 0.2) is 12.2 Å². The Morgan fingerprint density at radius 1 is 0.854 bits per heavy atom. The lowest BCUT2D eigenvalue weighted by Gasteiger charge is -2.44. The molecular formula is C31H29FO8S. The molecule has 0 N–H and O–H groups in total. The highest BCUT2D eigenvalue weighted by Crippen LogP contribution is 2.38. The molecule has 10 heteroatoms. The summed E-state index contributed by atoms with van der Waals surface area (Å²) in [6.45, 7) is 3.38. The second-order valence-corrected chi connectivity index (χ2v) is 10.4. The van der Waals surface area contributed by atoms with Crippen LogP contribution in [0.5, 0.6) is 0 Å². The number of hydrogen-bond donors (Lipinski definition) is 0. The summed E-state index contributed by atoms with van der Waals surface area (Å²) in [5, 5.41) is 2.07. The van der Waals surface area contributed by atoms with E-state index >= 15 is 0 Å². The molecule has 1 heterocycles. The molecule has 0 saturated carbocycles. The topological polar surface area (TPSA) is 97.4 Å². The van der Waals surface area contributed by atoms with E-state index in [1.165, 1.54) is 56.8 Å². The highest BCUT2D eigenvalue weighted by molar-refractivity contribution is 7.99. The Bertz CT molecular complexity index is 1450. The SMILES string of the molecule is CC(=O)OC[C@H]1O[C@@H](Sc2ccc3ccccc3c2)[C@H](OC(C)=O)[C@@H](OCC#Cc2ccc(F)cc2)[C@H]1OC(C)=O. The average Bonchev–Trinajstić information content (AvgIpc) is 2.93. The van der Waals surface area contributed by atoms with Gasteiger partial charge >= 0.3 is 17.9 Å². The average molecular weight is 581 g/mol. The van der Waals surface area contributed by atoms with Gasteiger partial charge in [0.1, 0.15) is 36.7 Å². The van der Waals surface area contributed by atoms with E-state index in [0.29, 0.717) is 5.56 Å². The van der Waals surface area contributed by atoms with E-state index < -0.39 is 47.8 Å². The Balaban J connectivity index is 1.65. The molecule has 1 saturated heterocycles. The fraction of sp³-hybridized carbons (Fsp3) is 0.323. The van der Waals surface area contributed by atoms with E-state index in [1.807, 2.05) is 42.5 Å². The summed E-state index contributed by atoms with van der Waals surface area (Å²) in [6.07, 6.45) is -4.05. The van der Waals surface area contributed by atoms with Gasteiger partial charge in [-0.3, -0.25) is 14.4 Å². The third kappa shape index (κ3) is 8.54. The van der Waals surface area contributed by atoms with Gasteiger partial charge in [-0.2, -0.15) is 0 Å². The maximum atomic E-state index is 13.2. The summed E-state index contributed by atoms with van der Waals surface area (Å²) in [7, 11) is 0. The van der Waals surface area contributed by atoms with Crippen LogP contribution < -0.4 is 0 Å². The molecule has 4 rings (SSSR count). The molecule has 8 nitrogen and oxygen atoms in total. The maximum absolute atomic E-state index is 13.2. The number of fused-ring (bicyclic) bond motifs is 1. The second-order valence-electron chi connectivity index (χ2n) is 9.20. The molecule has 214 valence electrons. The summed E-state index contributed by atoms with van der Waals surface area (Å²) in [5.74, 6) is 3.60. The minimum absolute atomic E-state index is 0.134. The Kier molecular flexibility index (Phi) is 10.4. The van der Waals surface area contributed by atoms with E-state index in [0.717, 1.165) is 15.7 Å². The van der Waals surface area contributed by atoms with Crippen molar-refractivity contribution in [2.45, 2.75) is 55.5 Å². The van der Waals surface area contributed by atoms with Gasteiger partial charge < -0.3 is 23.7 Å². The number of halogens is 1. The maximum Gasteiger partial charge on any atom is 0.303 e. The number of esters is 3. The smallest absolute Gasteiger partial charge is 0.303 e. The monoisotopic (exact) mass is 580 g/mol. The predicted octanol–water partition coefficient (Wildman–Crippen LogP) is 4.66. The fourth-order valence-electron chi connectivity index (χ4n) is 4.33. The number of ether oxygens (including phenoxy) is 5. The molecule has 1 aliphatic rings. The van der Waals surface area contributed by atoms with Crippen LogP contribution in [-0.4, -0.2) is 61.0 Å². The molecular weight excluding hydrogens is 551 g/mol. The van der Waals surface area contributed by atoms with Crippen molar-refractivity contribution in [1.82, 2.24) is 0 Å². The summed E-state index contributed by atoms with van der Waals surface area (Å²) in [6, 6.07) is 19.4. The van der Waals surface area contributed by atoms with Crippen LogP contribution in [0, 0.1) is 17.7 Å². The number of carbonyl (C=O) groups excluding carboxylic acids is 3. The lowest BCUT2D eigenvalue weighted by molar-refractivity contribution is -0.237. The van der Waals surface area contributed by atoms with Crippen molar-refractivity contribution in [3.8, 4) is 11.8 Å². The first kappa shape index (κ1) is 30.1. The predicted molar refractivity (Wildman–Crippen MR) is 149 cm³/mol. The normalized spacial score (nSPS) is 21.8. The van der Waals surface area contributed by atoms with Crippen LogP contribution >= 0.6 is 11.8 Å². The first-order valence-corrected chi connectivity index (χ1v) is 13.7. The van der Waals surface area contributed by atoms with Crippen LogP contribution in [0.2, 0.25) is 0 Å². The van der Waals surface area contributed by atoms with E-state index in [-0.39, 0.29) is 19.0 Å². The zero-order chi connectivity index (χ0) is 29.4. The summed E-state index contributed by atoms with van der Waals surface area (Å²) >= 11 is 1.30. The Morgan fingerprint density at radius 3 is 2.22 bits per heavy atom. The molecule has 1 aliphatic heterocycles. The Morgan fingerprint density at radius 2 is 1.54 bits per heavy atom. The van der Waals surface area contributed by atoms with Gasteiger partial charge in [-0.05, 0) is 47.2 Å². The molecule has 3 aromatic rings. The molecule has 0 radical (unpaired) electrons. The number of rotatable bonds is 8. The number of carbonyl (C=O) groups is 3. The van der Waals surface area contributed by atoms with Crippen LogP contribution in [0.3, 0.4) is 0 Å². The van der Waals surface area contributed by atoms with Crippen molar-refractivity contribution >= 4 is 40.4 Å². The quantitative estimate of drug-likeness (QED) is 0.214. The van der Waals surface area contributed by atoms with E-state index in [1.54, 1.807) is 0 Å². The van der Waals surface area contributed by atoms with Crippen molar-refractivity contribution in [3.05, 3.63) is 78.1 Å². The molecule has 0 unspecified atom stereocenters.